The third-order valence-electron chi connectivity index (χ3n) is 0.806. The first kappa shape index (κ1) is 8.94. The van der Waals surface area contributed by atoms with Gasteiger partial charge in [-0.25, -0.2) is 0 Å². The van der Waals surface area contributed by atoms with E-state index in [4.69, 9.17) is 0 Å². The van der Waals surface area contributed by atoms with Gasteiger partial charge in [0.05, 0.1) is 0 Å². The van der Waals surface area contributed by atoms with Crippen LogP contribution in [0.3, 0.4) is 0 Å². The number of nitrogens with one attached hydrogen (secondary N) is 1. The van der Waals surface area contributed by atoms with Gasteiger partial charge in [0.25, 0.3) is 0 Å². The molecule has 0 aliphatic heterocycles. The van der Waals surface area contributed by atoms with Crippen LogP contribution in [0.1, 0.15) is 6.92 Å². The molecule has 0 aromatic rings. The summed E-state index contributed by atoms with van der Waals surface area (Å²) in [4.78, 5) is 10.5. The van der Waals surface area contributed by atoms with Crippen molar-refractivity contribution in [2.75, 3.05) is 4.43 Å². The first-order chi connectivity index (χ1) is 4.20. The topological polar surface area (TPSA) is 29.1 Å². The van der Waals surface area contributed by atoms with Gasteiger partial charge < -0.3 is 5.32 Å². The lowest BCUT2D eigenvalue weighted by Crippen LogP contribution is -2.31. The molecule has 3 heteroatoms. The molecule has 0 spiro atoms. The van der Waals surface area contributed by atoms with Gasteiger partial charge in [-0.2, -0.15) is 0 Å². The Morgan fingerprint density at radius 3 is 2.89 bits per heavy atom. The molecule has 0 bridgehead atoms. The van der Waals surface area contributed by atoms with Gasteiger partial charge in [0.15, 0.2) is 0 Å². The lowest BCUT2D eigenvalue weighted by Gasteiger charge is -2.06. The van der Waals surface area contributed by atoms with Crippen molar-refractivity contribution in [1.82, 2.24) is 5.32 Å². The second kappa shape index (κ2) is 4.78. The van der Waals surface area contributed by atoms with E-state index in [2.05, 4.69) is 34.5 Å². The maximum atomic E-state index is 10.5. The smallest absolute Gasteiger partial charge is 0.243 e. The first-order valence-corrected chi connectivity index (χ1v) is 4.22. The highest BCUT2D eigenvalue weighted by Crippen LogP contribution is 1.88. The van der Waals surface area contributed by atoms with Gasteiger partial charge >= 0.3 is 0 Å². The summed E-state index contributed by atoms with van der Waals surface area (Å²) >= 11 is 2.21. The molecule has 0 aliphatic rings. The average molecular weight is 239 g/mol. The summed E-state index contributed by atoms with van der Waals surface area (Å²) in [5.74, 6) is -0.0980. The molecular weight excluding hydrogens is 229 g/mol. The van der Waals surface area contributed by atoms with E-state index < -0.39 is 0 Å². The minimum atomic E-state index is -0.0980. The number of hydrogen-bond acceptors (Lipinski definition) is 1. The maximum Gasteiger partial charge on any atom is 0.243 e. The molecule has 0 saturated heterocycles. The molecule has 0 aliphatic carbocycles. The fraction of sp³-hybridized carbons (Fsp3) is 0.500. The fourth-order valence-corrected chi connectivity index (χ4v) is 0.561. The molecule has 52 valence electrons. The summed E-state index contributed by atoms with van der Waals surface area (Å²) in [6, 6.07) is 0.246. The van der Waals surface area contributed by atoms with Crippen molar-refractivity contribution in [2.24, 2.45) is 0 Å². The number of carbonyl (C=O) groups excluding carboxylic acids is 1. The van der Waals surface area contributed by atoms with Crippen LogP contribution in [-0.4, -0.2) is 16.4 Å². The average Bonchev–Trinajstić information content (AvgIpc) is 1.87. The summed E-state index contributed by atoms with van der Waals surface area (Å²) in [7, 11) is 0. The van der Waals surface area contributed by atoms with Crippen molar-refractivity contribution < 1.29 is 4.79 Å². The Balaban J connectivity index is 3.46. The number of amides is 1. The van der Waals surface area contributed by atoms with Crippen LogP contribution in [-0.2, 0) is 4.79 Å². The monoisotopic (exact) mass is 239 g/mol. The summed E-state index contributed by atoms with van der Waals surface area (Å²) in [6.07, 6.45) is 1.28. The van der Waals surface area contributed by atoms with E-state index in [1.54, 1.807) is 0 Å². The molecular formula is C6H10INO. The summed E-state index contributed by atoms with van der Waals surface area (Å²) in [6.45, 7) is 5.29. The van der Waals surface area contributed by atoms with Crippen LogP contribution in [0.5, 0.6) is 0 Å². The molecule has 9 heavy (non-hydrogen) atoms. The zero-order valence-electron chi connectivity index (χ0n) is 5.36. The molecule has 0 aromatic heterocycles. The summed E-state index contributed by atoms with van der Waals surface area (Å²) in [5, 5.41) is 2.71. The van der Waals surface area contributed by atoms with Crippen molar-refractivity contribution in [2.45, 2.75) is 13.0 Å². The summed E-state index contributed by atoms with van der Waals surface area (Å²) < 4.78 is 0.928. The third-order valence-corrected chi connectivity index (χ3v) is 2.13. The molecule has 0 heterocycles. The second-order valence-electron chi connectivity index (χ2n) is 1.77. The van der Waals surface area contributed by atoms with Gasteiger partial charge in [0.2, 0.25) is 5.91 Å². The van der Waals surface area contributed by atoms with Crippen molar-refractivity contribution in [3.05, 3.63) is 12.7 Å². The zero-order chi connectivity index (χ0) is 7.28. The van der Waals surface area contributed by atoms with Crippen LogP contribution in [0.2, 0.25) is 0 Å². The number of hydrogen-bond donors (Lipinski definition) is 1. The van der Waals surface area contributed by atoms with Crippen molar-refractivity contribution in [3.63, 3.8) is 0 Å². The Bertz CT molecular complexity index is 114. The molecule has 0 saturated carbocycles. The van der Waals surface area contributed by atoms with Crippen LogP contribution in [0.25, 0.3) is 0 Å². The van der Waals surface area contributed by atoms with Crippen molar-refractivity contribution in [1.29, 1.82) is 0 Å². The van der Waals surface area contributed by atoms with E-state index >= 15 is 0 Å². The lowest BCUT2D eigenvalue weighted by atomic mass is 10.4. The quantitative estimate of drug-likeness (QED) is 0.446. The predicted molar refractivity (Wildman–Crippen MR) is 46.7 cm³/mol. The molecule has 0 rings (SSSR count). The van der Waals surface area contributed by atoms with E-state index in [-0.39, 0.29) is 11.9 Å². The van der Waals surface area contributed by atoms with E-state index in [1.807, 2.05) is 6.92 Å². The van der Waals surface area contributed by atoms with Crippen LogP contribution >= 0.6 is 22.6 Å². The fourth-order valence-electron chi connectivity index (χ4n) is 0.340. The van der Waals surface area contributed by atoms with Gasteiger partial charge in [0, 0.05) is 10.5 Å². The Kier molecular flexibility index (Phi) is 4.75. The SMILES string of the molecule is C=CC(=O)NC(C)CI. The van der Waals surface area contributed by atoms with Gasteiger partial charge in [-0.15, -0.1) is 0 Å². The van der Waals surface area contributed by atoms with Crippen LogP contribution in [0.4, 0.5) is 0 Å². The van der Waals surface area contributed by atoms with E-state index in [1.165, 1.54) is 6.08 Å². The van der Waals surface area contributed by atoms with E-state index in [0.29, 0.717) is 0 Å². The highest BCUT2D eigenvalue weighted by molar-refractivity contribution is 14.1. The van der Waals surface area contributed by atoms with E-state index in [9.17, 15) is 4.79 Å². The highest BCUT2D eigenvalue weighted by atomic mass is 127. The summed E-state index contributed by atoms with van der Waals surface area (Å²) in [5.41, 5.74) is 0. The molecule has 0 fully saturated rings. The van der Waals surface area contributed by atoms with Gasteiger partial charge in [0.1, 0.15) is 0 Å². The molecule has 1 amide bonds. The van der Waals surface area contributed by atoms with Gasteiger partial charge in [-0.05, 0) is 13.0 Å². The molecule has 2 nitrogen and oxygen atoms in total. The van der Waals surface area contributed by atoms with Gasteiger partial charge in [-0.3, -0.25) is 4.79 Å². The number of halogens is 1. The Labute approximate surface area is 68.8 Å². The van der Waals surface area contributed by atoms with Gasteiger partial charge in [-0.1, -0.05) is 29.2 Å². The molecule has 0 aromatic carbocycles. The van der Waals surface area contributed by atoms with Crippen molar-refractivity contribution >= 4 is 28.5 Å². The molecule has 1 atom stereocenters. The number of carbonyl (C=O) groups is 1. The Hall–Kier alpha value is -0.0600. The third kappa shape index (κ3) is 4.44. The van der Waals surface area contributed by atoms with Crippen LogP contribution in [0, 0.1) is 0 Å². The zero-order valence-corrected chi connectivity index (χ0v) is 7.51. The first-order valence-electron chi connectivity index (χ1n) is 2.69. The number of alkyl halides is 1. The Morgan fingerprint density at radius 2 is 2.56 bits per heavy atom. The standard InChI is InChI=1S/C6H10INO/c1-3-6(9)8-5(2)4-7/h3,5H,1,4H2,2H3,(H,8,9). The largest absolute Gasteiger partial charge is 0.349 e. The van der Waals surface area contributed by atoms with Crippen molar-refractivity contribution in [3.8, 4) is 0 Å². The molecule has 1 N–H and O–H groups in total. The Morgan fingerprint density at radius 1 is 2.00 bits per heavy atom. The number of rotatable bonds is 3. The van der Waals surface area contributed by atoms with Crippen LogP contribution in [0.15, 0.2) is 12.7 Å². The maximum absolute atomic E-state index is 10.5. The lowest BCUT2D eigenvalue weighted by molar-refractivity contribution is -0.116. The minimum Gasteiger partial charge on any atom is -0.349 e. The highest BCUT2D eigenvalue weighted by Gasteiger charge is 1.99. The normalized spacial score (nSPS) is 12.2. The van der Waals surface area contributed by atoms with E-state index in [0.717, 1.165) is 4.43 Å². The second-order valence-corrected chi connectivity index (χ2v) is 2.65. The minimum absolute atomic E-state index is 0.0980. The molecule has 1 unspecified atom stereocenters. The molecule has 0 radical (unpaired) electrons. The predicted octanol–water partition coefficient (Wildman–Crippen LogP) is 1.11. The van der Waals surface area contributed by atoms with Crippen LogP contribution < -0.4 is 5.32 Å².